The third-order valence-corrected chi connectivity index (χ3v) is 2.85. The summed E-state index contributed by atoms with van der Waals surface area (Å²) in [6.45, 7) is 9.16. The molecule has 0 heterocycles. The molecule has 0 unspecified atom stereocenters. The molecule has 0 bridgehead atoms. The van der Waals surface area contributed by atoms with Crippen LogP contribution < -0.4 is 5.32 Å². The number of aryl methyl sites for hydroxylation is 2. The highest BCUT2D eigenvalue weighted by Crippen LogP contribution is 2.15. The molecule has 0 aromatic heterocycles. The highest BCUT2D eigenvalue weighted by atomic mass is 14.9. The highest BCUT2D eigenvalue weighted by Gasteiger charge is 1.96. The Bertz CT molecular complexity index is 460. The van der Waals surface area contributed by atoms with Crippen molar-refractivity contribution in [2.75, 3.05) is 5.32 Å². The van der Waals surface area contributed by atoms with E-state index in [4.69, 9.17) is 0 Å². The van der Waals surface area contributed by atoms with Gasteiger partial charge in [-0.25, -0.2) is 0 Å². The minimum Gasteiger partial charge on any atom is -0.381 e. The second-order valence-corrected chi connectivity index (χ2v) is 4.14. The topological polar surface area (TPSA) is 12.0 Å². The second kappa shape index (κ2) is 7.54. The van der Waals surface area contributed by atoms with Gasteiger partial charge in [0, 0.05) is 12.2 Å². The monoisotopic (exact) mass is 241 g/mol. The predicted octanol–water partition coefficient (Wildman–Crippen LogP) is 4.94. The molecule has 0 spiro atoms. The largest absolute Gasteiger partial charge is 0.381 e. The zero-order valence-corrected chi connectivity index (χ0v) is 11.8. The van der Waals surface area contributed by atoms with E-state index < -0.39 is 0 Å². The van der Waals surface area contributed by atoms with Crippen molar-refractivity contribution >= 4 is 5.69 Å². The van der Waals surface area contributed by atoms with E-state index in [0.717, 1.165) is 6.54 Å². The average Bonchev–Trinajstić information content (AvgIpc) is 2.44. The maximum absolute atomic E-state index is 3.43. The molecule has 0 saturated heterocycles. The molecule has 0 amide bonds. The van der Waals surface area contributed by atoms with Crippen molar-refractivity contribution in [3.05, 3.63) is 65.2 Å². The van der Waals surface area contributed by atoms with Crippen LogP contribution in [0.25, 0.3) is 0 Å². The predicted molar refractivity (Wildman–Crippen MR) is 81.0 cm³/mol. The molecule has 0 aliphatic rings. The molecule has 1 N–H and O–H groups in total. The fraction of sp³-hybridized carbons (Fsp3) is 0.294. The molecular weight excluding hydrogens is 218 g/mol. The van der Waals surface area contributed by atoms with Crippen molar-refractivity contribution in [2.45, 2.75) is 34.2 Å². The van der Waals surface area contributed by atoms with Crippen molar-refractivity contribution in [3.8, 4) is 0 Å². The van der Waals surface area contributed by atoms with Crippen LogP contribution in [0.15, 0.2) is 48.5 Å². The van der Waals surface area contributed by atoms with E-state index >= 15 is 0 Å². The molecule has 18 heavy (non-hydrogen) atoms. The molecule has 2 aromatic rings. The van der Waals surface area contributed by atoms with Crippen LogP contribution in [0.1, 0.15) is 30.5 Å². The van der Waals surface area contributed by atoms with Gasteiger partial charge in [-0.3, -0.25) is 0 Å². The van der Waals surface area contributed by atoms with Gasteiger partial charge in [0.05, 0.1) is 0 Å². The van der Waals surface area contributed by atoms with E-state index in [0.29, 0.717) is 0 Å². The second-order valence-electron chi connectivity index (χ2n) is 4.14. The first-order valence-electron chi connectivity index (χ1n) is 6.61. The molecule has 0 atom stereocenters. The average molecular weight is 241 g/mol. The number of anilines is 1. The summed E-state index contributed by atoms with van der Waals surface area (Å²) >= 11 is 0. The highest BCUT2D eigenvalue weighted by molar-refractivity contribution is 5.48. The molecule has 0 aliphatic heterocycles. The molecule has 0 fully saturated rings. The van der Waals surface area contributed by atoms with Gasteiger partial charge in [-0.15, -0.1) is 0 Å². The summed E-state index contributed by atoms with van der Waals surface area (Å²) in [5.41, 5.74) is 5.16. The van der Waals surface area contributed by atoms with E-state index in [1.54, 1.807) is 0 Å². The fourth-order valence-corrected chi connectivity index (χ4v) is 1.65. The van der Waals surface area contributed by atoms with Crippen molar-refractivity contribution in [1.29, 1.82) is 0 Å². The van der Waals surface area contributed by atoms with Gasteiger partial charge in [-0.1, -0.05) is 50.2 Å². The van der Waals surface area contributed by atoms with Gasteiger partial charge in [0.2, 0.25) is 0 Å². The number of nitrogens with one attached hydrogen (secondary N) is 1. The first-order valence-corrected chi connectivity index (χ1v) is 6.61. The quantitative estimate of drug-likeness (QED) is 0.802. The molecule has 96 valence electrons. The first-order chi connectivity index (χ1) is 8.75. The number of benzene rings is 2. The van der Waals surface area contributed by atoms with Crippen molar-refractivity contribution in [3.63, 3.8) is 0 Å². The Kier molecular flexibility index (Phi) is 5.99. The van der Waals surface area contributed by atoms with Gasteiger partial charge >= 0.3 is 0 Å². The Hall–Kier alpha value is -1.76. The Labute approximate surface area is 111 Å². The fourth-order valence-electron chi connectivity index (χ4n) is 1.65. The normalized spacial score (nSPS) is 9.33. The summed E-state index contributed by atoms with van der Waals surface area (Å²) in [5.74, 6) is 0. The minimum absolute atomic E-state index is 0.878. The Morgan fingerprint density at radius 3 is 2.11 bits per heavy atom. The lowest BCUT2D eigenvalue weighted by Gasteiger charge is -2.08. The van der Waals surface area contributed by atoms with Crippen LogP contribution in [0.3, 0.4) is 0 Å². The van der Waals surface area contributed by atoms with Crippen molar-refractivity contribution in [1.82, 2.24) is 0 Å². The van der Waals surface area contributed by atoms with Gasteiger partial charge in [0.1, 0.15) is 0 Å². The molecule has 2 rings (SSSR count). The third-order valence-electron chi connectivity index (χ3n) is 2.85. The Balaban J connectivity index is 0.000000771. The standard InChI is InChI=1S/C15H17N.C2H6/c1-12-8-9-15(10-13(12)2)16-11-14-6-4-3-5-7-14;1-2/h3-10,16H,11H2,1-2H3;1-2H3. The maximum Gasteiger partial charge on any atom is 0.0400 e. The lowest BCUT2D eigenvalue weighted by molar-refractivity contribution is 1.14. The maximum atomic E-state index is 3.43. The number of rotatable bonds is 3. The zero-order valence-electron chi connectivity index (χ0n) is 11.8. The Morgan fingerprint density at radius 1 is 0.833 bits per heavy atom. The summed E-state index contributed by atoms with van der Waals surface area (Å²) in [5, 5.41) is 3.43. The summed E-state index contributed by atoms with van der Waals surface area (Å²) in [6, 6.07) is 16.9. The van der Waals surface area contributed by atoms with Crippen LogP contribution in [0.2, 0.25) is 0 Å². The van der Waals surface area contributed by atoms with Gasteiger partial charge in [0.15, 0.2) is 0 Å². The zero-order chi connectivity index (χ0) is 13.4. The summed E-state index contributed by atoms with van der Waals surface area (Å²) in [7, 11) is 0. The summed E-state index contributed by atoms with van der Waals surface area (Å²) < 4.78 is 0. The van der Waals surface area contributed by atoms with E-state index in [1.165, 1.54) is 22.4 Å². The number of hydrogen-bond acceptors (Lipinski definition) is 1. The number of hydrogen-bond donors (Lipinski definition) is 1. The third kappa shape index (κ3) is 4.25. The molecule has 1 nitrogen and oxygen atoms in total. The molecule has 0 radical (unpaired) electrons. The van der Waals surface area contributed by atoms with E-state index in [1.807, 2.05) is 19.9 Å². The van der Waals surface area contributed by atoms with Crippen LogP contribution in [-0.4, -0.2) is 0 Å². The first kappa shape index (κ1) is 14.3. The smallest absolute Gasteiger partial charge is 0.0400 e. The van der Waals surface area contributed by atoms with Crippen LogP contribution in [0.5, 0.6) is 0 Å². The minimum atomic E-state index is 0.878. The lowest BCUT2D eigenvalue weighted by atomic mass is 10.1. The molecule has 0 aliphatic carbocycles. The van der Waals surface area contributed by atoms with E-state index in [2.05, 4.69) is 61.6 Å². The van der Waals surface area contributed by atoms with Crippen molar-refractivity contribution < 1.29 is 0 Å². The molecule has 1 heteroatoms. The molecular formula is C17H23N. The van der Waals surface area contributed by atoms with E-state index in [-0.39, 0.29) is 0 Å². The van der Waals surface area contributed by atoms with Crippen LogP contribution >= 0.6 is 0 Å². The van der Waals surface area contributed by atoms with E-state index in [9.17, 15) is 0 Å². The van der Waals surface area contributed by atoms with Gasteiger partial charge < -0.3 is 5.32 Å². The molecule has 2 aromatic carbocycles. The van der Waals surface area contributed by atoms with Gasteiger partial charge in [0.25, 0.3) is 0 Å². The Morgan fingerprint density at radius 2 is 1.50 bits per heavy atom. The SMILES string of the molecule is CC.Cc1ccc(NCc2ccccc2)cc1C. The summed E-state index contributed by atoms with van der Waals surface area (Å²) in [6.07, 6.45) is 0. The van der Waals surface area contributed by atoms with Crippen LogP contribution in [0, 0.1) is 13.8 Å². The van der Waals surface area contributed by atoms with Crippen LogP contribution in [-0.2, 0) is 6.54 Å². The van der Waals surface area contributed by atoms with Gasteiger partial charge in [-0.2, -0.15) is 0 Å². The molecule has 0 saturated carbocycles. The van der Waals surface area contributed by atoms with Crippen molar-refractivity contribution in [2.24, 2.45) is 0 Å². The lowest BCUT2D eigenvalue weighted by Crippen LogP contribution is -1.99. The van der Waals surface area contributed by atoms with Gasteiger partial charge in [-0.05, 0) is 42.7 Å². The summed E-state index contributed by atoms with van der Waals surface area (Å²) in [4.78, 5) is 0. The van der Waals surface area contributed by atoms with Crippen LogP contribution in [0.4, 0.5) is 5.69 Å².